The molecule has 0 fully saturated rings. The Labute approximate surface area is 117 Å². The Balaban J connectivity index is 2.19. The van der Waals surface area contributed by atoms with E-state index in [0.29, 0.717) is 11.5 Å². The van der Waals surface area contributed by atoms with Crippen LogP contribution in [0.2, 0.25) is 0 Å². The van der Waals surface area contributed by atoms with Crippen molar-refractivity contribution in [3.8, 4) is 11.5 Å². The van der Waals surface area contributed by atoms with E-state index < -0.39 is 15.1 Å². The van der Waals surface area contributed by atoms with Crippen LogP contribution in [0.1, 0.15) is 13.8 Å². The first-order valence-electron chi connectivity index (χ1n) is 6.17. The van der Waals surface area contributed by atoms with Crippen LogP contribution in [0.5, 0.6) is 11.5 Å². The van der Waals surface area contributed by atoms with Gasteiger partial charge in [0.2, 0.25) is 0 Å². The molecule has 2 rings (SSSR count). The number of hydrogen-bond acceptors (Lipinski definition) is 3. The second-order valence-electron chi connectivity index (χ2n) is 4.62. The normalized spacial score (nSPS) is 11.6. The molecule has 3 nitrogen and oxygen atoms in total. The first-order chi connectivity index (χ1) is 9.39. The van der Waals surface area contributed by atoms with Gasteiger partial charge < -0.3 is 4.74 Å². The van der Waals surface area contributed by atoms with E-state index in [-0.39, 0.29) is 10.7 Å². The molecular formula is C15H15FO3S. The molecule has 0 aromatic heterocycles. The van der Waals surface area contributed by atoms with Crippen molar-refractivity contribution >= 4 is 9.84 Å². The van der Waals surface area contributed by atoms with Crippen molar-refractivity contribution in [1.29, 1.82) is 0 Å². The molecule has 0 atom stereocenters. The predicted molar refractivity (Wildman–Crippen MR) is 75.2 cm³/mol. The summed E-state index contributed by atoms with van der Waals surface area (Å²) in [5.41, 5.74) is 0. The fourth-order valence-corrected chi connectivity index (χ4v) is 2.67. The van der Waals surface area contributed by atoms with E-state index in [1.54, 1.807) is 26.0 Å². The van der Waals surface area contributed by atoms with E-state index >= 15 is 0 Å². The van der Waals surface area contributed by atoms with E-state index in [1.807, 2.05) is 0 Å². The third-order valence-electron chi connectivity index (χ3n) is 2.82. The molecule has 0 unspecified atom stereocenters. The third kappa shape index (κ3) is 3.17. The Morgan fingerprint density at radius 1 is 0.900 bits per heavy atom. The van der Waals surface area contributed by atoms with Gasteiger partial charge in [-0.3, -0.25) is 0 Å². The van der Waals surface area contributed by atoms with Crippen molar-refractivity contribution in [3.05, 3.63) is 54.3 Å². The SMILES string of the molecule is CC(C)S(=O)(=O)c1ccc(Oc2ccc(F)cc2)cc1. The lowest BCUT2D eigenvalue weighted by atomic mass is 10.3. The van der Waals surface area contributed by atoms with E-state index in [4.69, 9.17) is 4.74 Å². The summed E-state index contributed by atoms with van der Waals surface area (Å²) in [7, 11) is -3.28. The Kier molecular flexibility index (Phi) is 4.09. The van der Waals surface area contributed by atoms with Crippen LogP contribution >= 0.6 is 0 Å². The molecule has 0 bridgehead atoms. The highest BCUT2D eigenvalue weighted by molar-refractivity contribution is 7.92. The molecule has 20 heavy (non-hydrogen) atoms. The van der Waals surface area contributed by atoms with Gasteiger partial charge in [-0.1, -0.05) is 0 Å². The summed E-state index contributed by atoms with van der Waals surface area (Å²) in [5, 5.41) is -0.466. The minimum atomic E-state index is -3.28. The molecule has 0 spiro atoms. The van der Waals surface area contributed by atoms with Gasteiger partial charge >= 0.3 is 0 Å². The Bertz CT molecular complexity index is 674. The molecule has 2 aromatic carbocycles. The quantitative estimate of drug-likeness (QED) is 0.861. The third-order valence-corrected chi connectivity index (χ3v) is 4.99. The van der Waals surface area contributed by atoms with E-state index in [9.17, 15) is 12.8 Å². The molecule has 0 saturated carbocycles. The first kappa shape index (κ1) is 14.5. The molecular weight excluding hydrogens is 279 g/mol. The van der Waals surface area contributed by atoms with E-state index in [2.05, 4.69) is 0 Å². The number of benzene rings is 2. The Morgan fingerprint density at radius 2 is 1.35 bits per heavy atom. The van der Waals surface area contributed by atoms with Crippen LogP contribution in [0, 0.1) is 5.82 Å². The maximum Gasteiger partial charge on any atom is 0.180 e. The average Bonchev–Trinajstić information content (AvgIpc) is 2.42. The van der Waals surface area contributed by atoms with Gasteiger partial charge in [0.25, 0.3) is 0 Å². The number of halogens is 1. The molecule has 0 aliphatic carbocycles. The monoisotopic (exact) mass is 294 g/mol. The van der Waals surface area contributed by atoms with Crippen molar-refractivity contribution in [3.63, 3.8) is 0 Å². The van der Waals surface area contributed by atoms with Crippen molar-refractivity contribution in [2.45, 2.75) is 24.0 Å². The number of sulfone groups is 1. The van der Waals surface area contributed by atoms with Gasteiger partial charge in [0, 0.05) is 0 Å². The van der Waals surface area contributed by atoms with Crippen LogP contribution in [0.4, 0.5) is 4.39 Å². The molecule has 5 heteroatoms. The highest BCUT2D eigenvalue weighted by atomic mass is 32.2. The van der Waals surface area contributed by atoms with Crippen molar-refractivity contribution in [1.82, 2.24) is 0 Å². The first-order valence-corrected chi connectivity index (χ1v) is 7.71. The minimum absolute atomic E-state index is 0.263. The lowest BCUT2D eigenvalue weighted by molar-refractivity contribution is 0.480. The summed E-state index contributed by atoms with van der Waals surface area (Å²) in [6.07, 6.45) is 0. The van der Waals surface area contributed by atoms with Crippen LogP contribution in [0.25, 0.3) is 0 Å². The smallest absolute Gasteiger partial charge is 0.180 e. The molecule has 0 aliphatic heterocycles. The molecule has 0 heterocycles. The molecule has 2 aromatic rings. The number of hydrogen-bond donors (Lipinski definition) is 0. The molecule has 106 valence electrons. The van der Waals surface area contributed by atoms with Crippen molar-refractivity contribution < 1.29 is 17.5 Å². The van der Waals surface area contributed by atoms with Crippen molar-refractivity contribution in [2.75, 3.05) is 0 Å². The topological polar surface area (TPSA) is 43.4 Å². The summed E-state index contributed by atoms with van der Waals surface area (Å²) in [5.74, 6) is 0.654. The zero-order valence-electron chi connectivity index (χ0n) is 11.2. The van der Waals surface area contributed by atoms with Gasteiger partial charge in [0.05, 0.1) is 10.1 Å². The maximum absolute atomic E-state index is 12.8. The fraction of sp³-hybridized carbons (Fsp3) is 0.200. The zero-order chi connectivity index (χ0) is 14.8. The highest BCUT2D eigenvalue weighted by Gasteiger charge is 2.18. The van der Waals surface area contributed by atoms with Crippen molar-refractivity contribution in [2.24, 2.45) is 0 Å². The summed E-state index contributed by atoms with van der Waals surface area (Å²) in [6, 6.07) is 11.8. The average molecular weight is 294 g/mol. The number of rotatable bonds is 4. The second kappa shape index (κ2) is 5.63. The number of ether oxygens (including phenoxy) is 1. The van der Waals surface area contributed by atoms with Crippen LogP contribution in [0.15, 0.2) is 53.4 Å². The zero-order valence-corrected chi connectivity index (χ0v) is 12.0. The van der Waals surface area contributed by atoms with Crippen LogP contribution in [0.3, 0.4) is 0 Å². The van der Waals surface area contributed by atoms with Gasteiger partial charge in [0.15, 0.2) is 9.84 Å². The van der Waals surface area contributed by atoms with Crippen LogP contribution < -0.4 is 4.74 Å². The van der Waals surface area contributed by atoms with Gasteiger partial charge in [-0.15, -0.1) is 0 Å². The molecule has 0 radical (unpaired) electrons. The summed E-state index contributed by atoms with van der Waals surface area (Å²) in [4.78, 5) is 0.263. The lowest BCUT2D eigenvalue weighted by Crippen LogP contribution is -2.13. The summed E-state index contributed by atoms with van der Waals surface area (Å²) in [6.45, 7) is 3.27. The largest absolute Gasteiger partial charge is 0.457 e. The lowest BCUT2D eigenvalue weighted by Gasteiger charge is -2.09. The highest BCUT2D eigenvalue weighted by Crippen LogP contribution is 2.24. The van der Waals surface area contributed by atoms with Crippen LogP contribution in [-0.4, -0.2) is 13.7 Å². The summed E-state index contributed by atoms with van der Waals surface area (Å²) >= 11 is 0. The second-order valence-corrected chi connectivity index (χ2v) is 7.13. The molecule has 0 N–H and O–H groups in total. The van der Waals surface area contributed by atoms with Gasteiger partial charge in [-0.25, -0.2) is 12.8 Å². The van der Waals surface area contributed by atoms with Gasteiger partial charge in [-0.2, -0.15) is 0 Å². The molecule has 0 aliphatic rings. The minimum Gasteiger partial charge on any atom is -0.457 e. The maximum atomic E-state index is 12.8. The summed E-state index contributed by atoms with van der Waals surface area (Å²) < 4.78 is 42.2. The predicted octanol–water partition coefficient (Wildman–Crippen LogP) is 3.80. The Hall–Kier alpha value is -1.88. The van der Waals surface area contributed by atoms with Gasteiger partial charge in [-0.05, 0) is 62.4 Å². The van der Waals surface area contributed by atoms with Gasteiger partial charge in [0.1, 0.15) is 17.3 Å². The fourth-order valence-electron chi connectivity index (χ4n) is 1.61. The standard InChI is InChI=1S/C15H15FO3S/c1-11(2)20(17,18)15-9-7-14(8-10-15)19-13-5-3-12(16)4-6-13/h3-11H,1-2H3. The molecule has 0 saturated heterocycles. The van der Waals surface area contributed by atoms with E-state index in [0.717, 1.165) is 0 Å². The molecule has 0 amide bonds. The Morgan fingerprint density at radius 3 is 1.80 bits per heavy atom. The van der Waals surface area contributed by atoms with E-state index in [1.165, 1.54) is 36.4 Å². The van der Waals surface area contributed by atoms with Crippen LogP contribution in [-0.2, 0) is 9.84 Å².